The minimum absolute atomic E-state index is 0.0935. The van der Waals surface area contributed by atoms with E-state index >= 15 is 0 Å². The number of carboxylic acids is 1. The Labute approximate surface area is 126 Å². The molecule has 0 unspecified atom stereocenters. The number of carbonyl (C=O) groups excluding carboxylic acids is 1. The summed E-state index contributed by atoms with van der Waals surface area (Å²) in [5.74, 6) is -1.00. The fourth-order valence-electron chi connectivity index (χ4n) is 1.29. The van der Waals surface area contributed by atoms with Gasteiger partial charge in [-0.1, -0.05) is 0 Å². The Balaban J connectivity index is 0.000000401. The largest absolute Gasteiger partial charge is 0.480 e. The molecule has 0 radical (unpaired) electrons. The second-order valence-corrected chi connectivity index (χ2v) is 4.57. The summed E-state index contributed by atoms with van der Waals surface area (Å²) < 4.78 is 0. The maximum absolute atomic E-state index is 10.3. The summed E-state index contributed by atoms with van der Waals surface area (Å²) in [6, 6.07) is -0.851. The molecule has 8 N–H and O–H groups in total. The number of rotatable bonds is 7. The van der Waals surface area contributed by atoms with E-state index in [4.69, 9.17) is 31.3 Å². The first-order valence-electron chi connectivity index (χ1n) is 6.33. The normalized spacial score (nSPS) is 17.4. The molecule has 1 aromatic rings. The van der Waals surface area contributed by atoms with E-state index in [-0.39, 0.29) is 12.7 Å². The molecule has 0 amide bonds. The van der Waals surface area contributed by atoms with Crippen molar-refractivity contribution >= 4 is 12.3 Å². The molecular formula is C12H21N3O7. The van der Waals surface area contributed by atoms with Crippen molar-refractivity contribution in [1.29, 1.82) is 0 Å². The fourth-order valence-corrected chi connectivity index (χ4v) is 1.29. The second kappa shape index (κ2) is 9.97. The maximum Gasteiger partial charge on any atom is 0.320 e. The number of nitrogens with one attached hydrogen (secondary N) is 1. The molecule has 5 atom stereocenters. The topological polar surface area (TPSA) is 190 Å². The zero-order valence-corrected chi connectivity index (χ0v) is 11.9. The number of aliphatic hydroxyl groups excluding tert-OH is 4. The van der Waals surface area contributed by atoms with E-state index in [0.29, 0.717) is 0 Å². The van der Waals surface area contributed by atoms with Crippen LogP contribution in [0.5, 0.6) is 0 Å². The Kier molecular flexibility index (Phi) is 9.13. The van der Waals surface area contributed by atoms with Gasteiger partial charge >= 0.3 is 5.97 Å². The van der Waals surface area contributed by atoms with Crippen LogP contribution < -0.4 is 5.73 Å². The minimum Gasteiger partial charge on any atom is -0.480 e. The molecule has 0 saturated heterocycles. The number of carboxylic acid groups (broad SMARTS) is 1. The third kappa shape index (κ3) is 7.24. The quantitative estimate of drug-likeness (QED) is 0.257. The molecule has 0 spiro atoms. The van der Waals surface area contributed by atoms with Crippen LogP contribution >= 0.6 is 0 Å². The van der Waals surface area contributed by atoms with E-state index in [2.05, 4.69) is 9.97 Å². The van der Waals surface area contributed by atoms with Crippen LogP contribution in [0, 0.1) is 0 Å². The number of aromatic nitrogens is 2. The highest BCUT2D eigenvalue weighted by Crippen LogP contribution is 2.02. The van der Waals surface area contributed by atoms with Gasteiger partial charge in [0, 0.05) is 18.3 Å². The molecule has 22 heavy (non-hydrogen) atoms. The zero-order valence-electron chi connectivity index (χ0n) is 11.9. The van der Waals surface area contributed by atoms with Crippen LogP contribution in [0.15, 0.2) is 12.5 Å². The molecular weight excluding hydrogens is 298 g/mol. The lowest BCUT2D eigenvalue weighted by atomic mass is 10.1. The number of hydrogen-bond donors (Lipinski definition) is 7. The van der Waals surface area contributed by atoms with Gasteiger partial charge in [-0.05, 0) is 6.92 Å². The molecule has 0 bridgehead atoms. The molecule has 0 aliphatic heterocycles. The van der Waals surface area contributed by atoms with Crippen molar-refractivity contribution in [3.05, 3.63) is 18.2 Å². The van der Waals surface area contributed by atoms with Crippen molar-refractivity contribution in [3.8, 4) is 0 Å². The Bertz CT molecular complexity index is 438. The fraction of sp³-hybridized carbons (Fsp3) is 0.583. The summed E-state index contributed by atoms with van der Waals surface area (Å²) in [7, 11) is 0. The molecule has 0 aliphatic carbocycles. The molecule has 1 heterocycles. The van der Waals surface area contributed by atoms with E-state index in [1.807, 2.05) is 0 Å². The van der Waals surface area contributed by atoms with Gasteiger partial charge in [0.2, 0.25) is 0 Å². The summed E-state index contributed by atoms with van der Waals surface area (Å²) >= 11 is 0. The lowest BCUT2D eigenvalue weighted by molar-refractivity contribution is -0.138. The third-order valence-electron chi connectivity index (χ3n) is 2.65. The summed E-state index contributed by atoms with van der Waals surface area (Å²) in [5, 5.41) is 43.5. The van der Waals surface area contributed by atoms with Gasteiger partial charge in [0.25, 0.3) is 0 Å². The second-order valence-electron chi connectivity index (χ2n) is 4.57. The van der Waals surface area contributed by atoms with Gasteiger partial charge in [-0.2, -0.15) is 0 Å². The first-order valence-corrected chi connectivity index (χ1v) is 6.33. The highest BCUT2D eigenvalue weighted by Gasteiger charge is 2.27. The number of aromatic amines is 1. The van der Waals surface area contributed by atoms with Gasteiger partial charge in [-0.25, -0.2) is 4.98 Å². The van der Waals surface area contributed by atoms with Gasteiger partial charge in [0.1, 0.15) is 24.4 Å². The number of H-pyrrole nitrogens is 1. The van der Waals surface area contributed by atoms with Crippen LogP contribution in [0.4, 0.5) is 0 Å². The van der Waals surface area contributed by atoms with Crippen molar-refractivity contribution < 1.29 is 35.1 Å². The summed E-state index contributed by atoms with van der Waals surface area (Å²) in [5.41, 5.74) is 6.00. The molecule has 1 rings (SSSR count). The van der Waals surface area contributed by atoms with Crippen molar-refractivity contribution in [3.63, 3.8) is 0 Å². The number of carbonyl (C=O) groups is 2. The predicted octanol–water partition coefficient (Wildman–Crippen LogP) is -2.99. The molecule has 10 heteroatoms. The Morgan fingerprint density at radius 2 is 1.95 bits per heavy atom. The molecule has 1 aromatic heterocycles. The SMILES string of the molecule is C[C@H](O)[C@H](O)[C@@H](O)[C@@H](O)C=O.N[C@@H](Cc1cnc[nH]1)C(=O)O. The molecule has 0 fully saturated rings. The molecule has 0 aromatic carbocycles. The smallest absolute Gasteiger partial charge is 0.320 e. The van der Waals surface area contributed by atoms with Gasteiger partial charge in [0.05, 0.1) is 12.4 Å². The van der Waals surface area contributed by atoms with Gasteiger partial charge in [0.15, 0.2) is 6.29 Å². The monoisotopic (exact) mass is 319 g/mol. The molecule has 10 nitrogen and oxygen atoms in total. The number of aldehydes is 1. The van der Waals surface area contributed by atoms with Crippen LogP contribution in [0.1, 0.15) is 12.6 Å². The highest BCUT2D eigenvalue weighted by atomic mass is 16.4. The summed E-state index contributed by atoms with van der Waals surface area (Å²) in [4.78, 5) is 26.6. The number of aliphatic carboxylic acids is 1. The lowest BCUT2D eigenvalue weighted by Gasteiger charge is -2.21. The van der Waals surface area contributed by atoms with Gasteiger partial charge in [-0.3, -0.25) is 4.79 Å². The predicted molar refractivity (Wildman–Crippen MR) is 73.7 cm³/mol. The van der Waals surface area contributed by atoms with Crippen LogP contribution in [0.2, 0.25) is 0 Å². The van der Waals surface area contributed by atoms with Crippen LogP contribution in [-0.2, 0) is 16.0 Å². The van der Waals surface area contributed by atoms with Crippen LogP contribution in [0.25, 0.3) is 0 Å². The first kappa shape index (κ1) is 20.1. The lowest BCUT2D eigenvalue weighted by Crippen LogP contribution is -2.43. The van der Waals surface area contributed by atoms with E-state index < -0.39 is 36.4 Å². The number of nitrogens with zero attached hydrogens (tertiary/aromatic N) is 1. The van der Waals surface area contributed by atoms with Crippen molar-refractivity contribution in [1.82, 2.24) is 9.97 Å². The van der Waals surface area contributed by atoms with Gasteiger partial charge < -0.3 is 41.0 Å². The van der Waals surface area contributed by atoms with E-state index in [0.717, 1.165) is 5.69 Å². The number of imidazole rings is 1. The summed E-state index contributed by atoms with van der Waals surface area (Å²) in [6.45, 7) is 1.24. The average Bonchev–Trinajstić information content (AvgIpc) is 2.98. The first-order chi connectivity index (χ1) is 10.2. The number of nitrogens with two attached hydrogens (primary N) is 1. The minimum atomic E-state index is -1.65. The third-order valence-corrected chi connectivity index (χ3v) is 2.65. The molecule has 126 valence electrons. The average molecular weight is 319 g/mol. The van der Waals surface area contributed by atoms with E-state index in [1.165, 1.54) is 13.3 Å². The van der Waals surface area contributed by atoms with Crippen molar-refractivity contribution in [2.75, 3.05) is 0 Å². The summed E-state index contributed by atoms with van der Waals surface area (Å²) in [6.07, 6.45) is -2.54. The van der Waals surface area contributed by atoms with E-state index in [9.17, 15) is 9.59 Å². The van der Waals surface area contributed by atoms with Gasteiger partial charge in [-0.15, -0.1) is 0 Å². The molecule has 0 aliphatic rings. The standard InChI is InChI=1S/C6H9N3O2.C6H12O5/c7-5(6(10)11)1-4-2-8-3-9-4;1-3(8)5(10)6(11)4(9)2-7/h2-3,5H,1,7H2,(H,8,9)(H,10,11);2-6,8-11H,1H3/t5-;3-,4-,5-,6-/m00/s1. The highest BCUT2D eigenvalue weighted by molar-refractivity contribution is 5.73. The van der Waals surface area contributed by atoms with Crippen LogP contribution in [-0.4, -0.2) is 78.2 Å². The zero-order chi connectivity index (χ0) is 17.3. The van der Waals surface area contributed by atoms with Crippen LogP contribution in [0.3, 0.4) is 0 Å². The van der Waals surface area contributed by atoms with Crippen molar-refractivity contribution in [2.24, 2.45) is 5.73 Å². The van der Waals surface area contributed by atoms with Crippen molar-refractivity contribution in [2.45, 2.75) is 43.8 Å². The Morgan fingerprint density at radius 3 is 2.32 bits per heavy atom. The maximum atomic E-state index is 10.3. The Morgan fingerprint density at radius 1 is 1.36 bits per heavy atom. The number of hydrogen-bond acceptors (Lipinski definition) is 8. The number of aliphatic hydroxyl groups is 4. The van der Waals surface area contributed by atoms with E-state index in [1.54, 1.807) is 6.20 Å². The Hall–Kier alpha value is -1.85. The molecule has 0 saturated carbocycles.